The van der Waals surface area contributed by atoms with Gasteiger partial charge in [-0.1, -0.05) is 0 Å². The molecule has 0 unspecified atom stereocenters. The fraction of sp³-hybridized carbons (Fsp3) is 0.579. The summed E-state index contributed by atoms with van der Waals surface area (Å²) in [4.78, 5) is 23.7. The van der Waals surface area contributed by atoms with Gasteiger partial charge in [-0.15, -0.1) is 0 Å². The first-order valence-corrected chi connectivity index (χ1v) is 9.07. The van der Waals surface area contributed by atoms with E-state index in [1.165, 1.54) is 0 Å². The molecule has 0 radical (unpaired) electrons. The zero-order valence-electron chi connectivity index (χ0n) is 16.1. The van der Waals surface area contributed by atoms with Gasteiger partial charge in [0.25, 0.3) is 5.91 Å². The maximum Gasteiger partial charge on any atom is 0.274 e. The SMILES string of the molecule is Cc1nc(C)c(C(=O)N2C[C@@H](CO)[C@H](c3cnn(C(C)C)c3)C2)nc1C. The van der Waals surface area contributed by atoms with Crippen molar-refractivity contribution in [2.24, 2.45) is 5.92 Å². The van der Waals surface area contributed by atoms with Crippen LogP contribution in [0.3, 0.4) is 0 Å². The van der Waals surface area contributed by atoms with Gasteiger partial charge in [0, 0.05) is 43.8 Å². The van der Waals surface area contributed by atoms with Crippen LogP contribution >= 0.6 is 0 Å². The van der Waals surface area contributed by atoms with Gasteiger partial charge in [-0.25, -0.2) is 4.98 Å². The topological polar surface area (TPSA) is 84.1 Å². The minimum absolute atomic E-state index is 0.00331. The number of nitrogens with zero attached hydrogens (tertiary/aromatic N) is 5. The number of rotatable bonds is 4. The molecule has 3 heterocycles. The summed E-state index contributed by atoms with van der Waals surface area (Å²) >= 11 is 0. The first-order valence-electron chi connectivity index (χ1n) is 9.07. The van der Waals surface area contributed by atoms with Gasteiger partial charge >= 0.3 is 0 Å². The molecule has 7 nitrogen and oxygen atoms in total. The van der Waals surface area contributed by atoms with Gasteiger partial charge < -0.3 is 10.0 Å². The van der Waals surface area contributed by atoms with E-state index < -0.39 is 0 Å². The number of carbonyl (C=O) groups excluding carboxylic acids is 1. The van der Waals surface area contributed by atoms with Crippen molar-refractivity contribution in [3.05, 3.63) is 40.7 Å². The van der Waals surface area contributed by atoms with E-state index in [2.05, 4.69) is 28.9 Å². The molecule has 0 aromatic carbocycles. The van der Waals surface area contributed by atoms with Crippen molar-refractivity contribution in [3.8, 4) is 0 Å². The number of amides is 1. The molecule has 140 valence electrons. The van der Waals surface area contributed by atoms with Gasteiger partial charge in [0.1, 0.15) is 5.69 Å². The number of aliphatic hydroxyl groups is 1. The highest BCUT2D eigenvalue weighted by Crippen LogP contribution is 2.33. The molecular weight excluding hydrogens is 330 g/mol. The van der Waals surface area contributed by atoms with E-state index in [1.54, 1.807) is 4.90 Å². The molecule has 1 saturated heterocycles. The Kier molecular flexibility index (Phi) is 5.09. The van der Waals surface area contributed by atoms with E-state index in [9.17, 15) is 9.90 Å². The molecule has 2 aromatic rings. The van der Waals surface area contributed by atoms with Crippen LogP contribution in [0, 0.1) is 26.7 Å². The van der Waals surface area contributed by atoms with Crippen molar-refractivity contribution in [1.82, 2.24) is 24.6 Å². The molecule has 1 aliphatic rings. The Morgan fingerprint density at radius 2 is 1.88 bits per heavy atom. The first-order chi connectivity index (χ1) is 12.3. The maximum absolute atomic E-state index is 13.0. The average molecular weight is 357 g/mol. The lowest BCUT2D eigenvalue weighted by atomic mass is 9.92. The van der Waals surface area contributed by atoms with E-state index in [4.69, 9.17) is 0 Å². The molecule has 2 aromatic heterocycles. The van der Waals surface area contributed by atoms with Crippen molar-refractivity contribution in [2.75, 3.05) is 19.7 Å². The summed E-state index contributed by atoms with van der Waals surface area (Å²) in [6, 6.07) is 0.281. The van der Waals surface area contributed by atoms with Crippen LogP contribution in [-0.2, 0) is 0 Å². The molecule has 2 atom stereocenters. The number of carbonyl (C=O) groups is 1. The van der Waals surface area contributed by atoms with Crippen LogP contribution in [0.5, 0.6) is 0 Å². The molecule has 26 heavy (non-hydrogen) atoms. The Morgan fingerprint density at radius 3 is 2.50 bits per heavy atom. The molecule has 1 aliphatic heterocycles. The summed E-state index contributed by atoms with van der Waals surface area (Å²) in [5, 5.41) is 14.2. The standard InChI is InChI=1S/C19H27N5O2/c1-11(2)24-8-15(6-20-24)17-9-23(7-16(17)10-25)19(26)18-14(5)21-12(3)13(4)22-18/h6,8,11,16-17,25H,7,9-10H2,1-5H3/t16-,17-/m0/s1. The molecule has 3 rings (SSSR count). The Morgan fingerprint density at radius 1 is 1.19 bits per heavy atom. The van der Waals surface area contributed by atoms with Crippen LogP contribution in [0.15, 0.2) is 12.4 Å². The van der Waals surface area contributed by atoms with Crippen LogP contribution < -0.4 is 0 Å². The van der Waals surface area contributed by atoms with Crippen LogP contribution in [0.1, 0.15) is 58.9 Å². The molecule has 7 heteroatoms. The number of aryl methyl sites for hydroxylation is 3. The predicted octanol–water partition coefficient (Wildman–Crippen LogP) is 2.03. The third-order valence-electron chi connectivity index (χ3n) is 5.23. The summed E-state index contributed by atoms with van der Waals surface area (Å²) in [6.07, 6.45) is 3.87. The second-order valence-electron chi connectivity index (χ2n) is 7.44. The lowest BCUT2D eigenvalue weighted by Crippen LogP contribution is -2.31. The van der Waals surface area contributed by atoms with Gasteiger partial charge in [0.05, 0.1) is 23.3 Å². The van der Waals surface area contributed by atoms with Crippen molar-refractivity contribution in [2.45, 2.75) is 46.6 Å². The lowest BCUT2D eigenvalue weighted by molar-refractivity contribution is 0.0774. The first kappa shape index (κ1) is 18.5. The van der Waals surface area contributed by atoms with Gasteiger partial charge in [-0.05, 0) is 40.2 Å². The van der Waals surface area contributed by atoms with Gasteiger partial charge in [-0.2, -0.15) is 5.10 Å². The van der Waals surface area contributed by atoms with Crippen molar-refractivity contribution < 1.29 is 9.90 Å². The summed E-state index contributed by atoms with van der Waals surface area (Å²) < 4.78 is 1.91. The van der Waals surface area contributed by atoms with Crippen molar-refractivity contribution in [1.29, 1.82) is 0 Å². The number of hydrogen-bond donors (Lipinski definition) is 1. The van der Waals surface area contributed by atoms with E-state index in [-0.39, 0.29) is 30.4 Å². The molecule has 1 fully saturated rings. The lowest BCUT2D eigenvalue weighted by Gasteiger charge is -2.17. The smallest absolute Gasteiger partial charge is 0.274 e. The second-order valence-corrected chi connectivity index (χ2v) is 7.44. The predicted molar refractivity (Wildman–Crippen MR) is 98.1 cm³/mol. The molecule has 0 spiro atoms. The maximum atomic E-state index is 13.0. The minimum Gasteiger partial charge on any atom is -0.396 e. The number of hydrogen-bond acceptors (Lipinski definition) is 5. The highest BCUT2D eigenvalue weighted by molar-refractivity contribution is 5.93. The highest BCUT2D eigenvalue weighted by atomic mass is 16.3. The molecule has 1 N–H and O–H groups in total. The monoisotopic (exact) mass is 357 g/mol. The Balaban J connectivity index is 1.84. The van der Waals surface area contributed by atoms with Crippen LogP contribution in [-0.4, -0.2) is 55.4 Å². The third kappa shape index (κ3) is 3.35. The normalized spacial score (nSPS) is 20.2. The summed E-state index contributed by atoms with van der Waals surface area (Å²) in [5.74, 6) is -0.0323. The quantitative estimate of drug-likeness (QED) is 0.905. The number of aromatic nitrogens is 4. The molecule has 0 saturated carbocycles. The number of likely N-dealkylation sites (tertiary alicyclic amines) is 1. The van der Waals surface area contributed by atoms with Crippen molar-refractivity contribution >= 4 is 5.91 Å². The van der Waals surface area contributed by atoms with E-state index >= 15 is 0 Å². The van der Waals surface area contributed by atoms with E-state index in [0.29, 0.717) is 24.5 Å². The summed E-state index contributed by atoms with van der Waals surface area (Å²) in [6.45, 7) is 10.8. The second kappa shape index (κ2) is 7.15. The zero-order valence-corrected chi connectivity index (χ0v) is 16.1. The summed E-state index contributed by atoms with van der Waals surface area (Å²) in [7, 11) is 0. The number of aliphatic hydroxyl groups excluding tert-OH is 1. The van der Waals surface area contributed by atoms with Crippen LogP contribution in [0.25, 0.3) is 0 Å². The van der Waals surface area contributed by atoms with Crippen LogP contribution in [0.2, 0.25) is 0 Å². The van der Waals surface area contributed by atoms with Gasteiger partial charge in [0.15, 0.2) is 0 Å². The highest BCUT2D eigenvalue weighted by Gasteiger charge is 2.37. The van der Waals surface area contributed by atoms with Crippen LogP contribution in [0.4, 0.5) is 0 Å². The van der Waals surface area contributed by atoms with Gasteiger partial charge in [0.2, 0.25) is 0 Å². The van der Waals surface area contributed by atoms with E-state index in [1.807, 2.05) is 37.8 Å². The van der Waals surface area contributed by atoms with Gasteiger partial charge in [-0.3, -0.25) is 14.5 Å². The Bertz CT molecular complexity index is 814. The molecule has 0 bridgehead atoms. The Hall–Kier alpha value is -2.28. The molecule has 1 amide bonds. The molecule has 0 aliphatic carbocycles. The largest absolute Gasteiger partial charge is 0.396 e. The van der Waals surface area contributed by atoms with E-state index in [0.717, 1.165) is 17.0 Å². The fourth-order valence-corrected chi connectivity index (χ4v) is 3.49. The third-order valence-corrected chi connectivity index (χ3v) is 5.23. The fourth-order valence-electron chi connectivity index (χ4n) is 3.49. The minimum atomic E-state index is -0.115. The van der Waals surface area contributed by atoms with Crippen molar-refractivity contribution in [3.63, 3.8) is 0 Å². The summed E-state index contributed by atoms with van der Waals surface area (Å²) in [5.41, 5.74) is 3.73. The zero-order chi connectivity index (χ0) is 19.0. The average Bonchev–Trinajstić information content (AvgIpc) is 3.23. The Labute approximate surface area is 154 Å². The molecular formula is C19H27N5O2.